The van der Waals surface area contributed by atoms with Crippen molar-refractivity contribution in [2.24, 2.45) is 5.92 Å². The Morgan fingerprint density at radius 3 is 2.38 bits per heavy atom. The Kier molecular flexibility index (Phi) is 4.63. The highest BCUT2D eigenvalue weighted by atomic mass is 14.2. The fourth-order valence-corrected chi connectivity index (χ4v) is 3.70. The topological polar surface area (TPSA) is 0 Å². The Hall–Kier alpha value is -1.30. The average Bonchev–Trinajstić information content (AvgIpc) is 2.53. The lowest BCUT2D eigenvalue weighted by atomic mass is 9.79. The molecule has 112 valence electrons. The minimum absolute atomic E-state index is 0.797. The first-order valence-electron chi connectivity index (χ1n) is 8.79. The zero-order valence-corrected chi connectivity index (χ0v) is 13.6. The molecule has 1 aliphatic rings. The predicted molar refractivity (Wildman–Crippen MR) is 92.9 cm³/mol. The van der Waals surface area contributed by atoms with Gasteiger partial charge < -0.3 is 0 Å². The van der Waals surface area contributed by atoms with E-state index >= 15 is 0 Å². The molecule has 0 saturated heterocycles. The van der Waals surface area contributed by atoms with Crippen LogP contribution < -0.4 is 0 Å². The van der Waals surface area contributed by atoms with E-state index in [0.29, 0.717) is 0 Å². The highest BCUT2D eigenvalue weighted by Gasteiger charge is 2.19. The van der Waals surface area contributed by atoms with E-state index in [0.717, 1.165) is 11.8 Å². The highest BCUT2D eigenvalue weighted by Crippen LogP contribution is 2.36. The van der Waals surface area contributed by atoms with Gasteiger partial charge in [-0.15, -0.1) is 0 Å². The highest BCUT2D eigenvalue weighted by molar-refractivity contribution is 5.84. The summed E-state index contributed by atoms with van der Waals surface area (Å²) in [5.41, 5.74) is 3.05. The fourth-order valence-electron chi connectivity index (χ4n) is 3.70. The van der Waals surface area contributed by atoms with Crippen LogP contribution in [-0.4, -0.2) is 0 Å². The maximum atomic E-state index is 2.44. The molecule has 2 aromatic carbocycles. The van der Waals surface area contributed by atoms with E-state index in [1.165, 1.54) is 61.3 Å². The predicted octanol–water partition coefficient (Wildman–Crippen LogP) is 6.48. The molecule has 0 bridgehead atoms. The van der Waals surface area contributed by atoms with Crippen molar-refractivity contribution in [3.8, 4) is 0 Å². The third kappa shape index (κ3) is 3.48. The number of hydrogen-bond donors (Lipinski definition) is 0. The van der Waals surface area contributed by atoms with Gasteiger partial charge in [0.2, 0.25) is 0 Å². The Morgan fingerprint density at radius 1 is 0.905 bits per heavy atom. The van der Waals surface area contributed by atoms with E-state index < -0.39 is 0 Å². The van der Waals surface area contributed by atoms with Gasteiger partial charge in [-0.25, -0.2) is 0 Å². The summed E-state index contributed by atoms with van der Waals surface area (Å²) in [6.45, 7) is 4.66. The molecule has 0 heterocycles. The summed E-state index contributed by atoms with van der Waals surface area (Å²) in [6, 6.07) is 14.2. The standard InChI is InChI=1S/C21H28/c1-3-4-5-17-8-11-21-15-20(13-12-19(21)14-17)18-9-6-16(2)7-10-18/h8,11-16,18H,3-7,9-10H2,1-2H3. The van der Waals surface area contributed by atoms with E-state index in [2.05, 4.69) is 50.2 Å². The Balaban J connectivity index is 1.80. The van der Waals surface area contributed by atoms with Crippen LogP contribution in [-0.2, 0) is 6.42 Å². The van der Waals surface area contributed by atoms with Crippen LogP contribution in [0.4, 0.5) is 0 Å². The Bertz CT molecular complexity index is 588. The van der Waals surface area contributed by atoms with Crippen molar-refractivity contribution >= 4 is 10.8 Å². The zero-order valence-electron chi connectivity index (χ0n) is 13.6. The van der Waals surface area contributed by atoms with Crippen molar-refractivity contribution in [1.82, 2.24) is 0 Å². The first-order valence-corrected chi connectivity index (χ1v) is 8.79. The number of fused-ring (bicyclic) bond motifs is 1. The summed E-state index contributed by atoms with van der Waals surface area (Å²) >= 11 is 0. The van der Waals surface area contributed by atoms with E-state index in [9.17, 15) is 0 Å². The SMILES string of the molecule is CCCCc1ccc2cc(C3CCC(C)CC3)ccc2c1. The van der Waals surface area contributed by atoms with Crippen LogP contribution in [0.5, 0.6) is 0 Å². The molecule has 0 nitrogen and oxygen atoms in total. The number of rotatable bonds is 4. The number of unbranched alkanes of at least 4 members (excludes halogenated alkanes) is 1. The van der Waals surface area contributed by atoms with Crippen LogP contribution in [0.3, 0.4) is 0 Å². The van der Waals surface area contributed by atoms with Crippen LogP contribution in [0.15, 0.2) is 36.4 Å². The summed E-state index contributed by atoms with van der Waals surface area (Å²) < 4.78 is 0. The first kappa shape index (κ1) is 14.6. The molecule has 1 saturated carbocycles. The Morgan fingerprint density at radius 2 is 1.62 bits per heavy atom. The van der Waals surface area contributed by atoms with Gasteiger partial charge in [0.25, 0.3) is 0 Å². The lowest BCUT2D eigenvalue weighted by molar-refractivity contribution is 0.348. The molecule has 0 unspecified atom stereocenters. The molecule has 0 heteroatoms. The normalized spacial score (nSPS) is 22.6. The summed E-state index contributed by atoms with van der Waals surface area (Å²) in [7, 11) is 0. The van der Waals surface area contributed by atoms with Gasteiger partial charge in [-0.2, -0.15) is 0 Å². The third-order valence-electron chi connectivity index (χ3n) is 5.23. The molecule has 0 aromatic heterocycles. The molecule has 1 fully saturated rings. The molecule has 0 radical (unpaired) electrons. The monoisotopic (exact) mass is 280 g/mol. The van der Waals surface area contributed by atoms with Gasteiger partial charge in [0.1, 0.15) is 0 Å². The fraction of sp³-hybridized carbons (Fsp3) is 0.524. The average molecular weight is 280 g/mol. The first-order chi connectivity index (χ1) is 10.3. The van der Waals surface area contributed by atoms with Crippen molar-refractivity contribution in [2.75, 3.05) is 0 Å². The van der Waals surface area contributed by atoms with Gasteiger partial charge in [-0.3, -0.25) is 0 Å². The van der Waals surface area contributed by atoms with E-state index in [4.69, 9.17) is 0 Å². The summed E-state index contributed by atoms with van der Waals surface area (Å²) in [4.78, 5) is 0. The molecular weight excluding hydrogens is 252 g/mol. The molecule has 0 spiro atoms. The minimum atomic E-state index is 0.797. The molecule has 1 aliphatic carbocycles. The summed E-state index contributed by atoms with van der Waals surface area (Å²) in [5, 5.41) is 2.84. The maximum Gasteiger partial charge on any atom is -0.0162 e. The largest absolute Gasteiger partial charge is 0.0654 e. The van der Waals surface area contributed by atoms with Crippen molar-refractivity contribution in [1.29, 1.82) is 0 Å². The quantitative estimate of drug-likeness (QED) is 0.601. The molecule has 2 aromatic rings. The molecule has 0 N–H and O–H groups in total. The van der Waals surface area contributed by atoms with Crippen molar-refractivity contribution in [2.45, 2.75) is 64.7 Å². The third-order valence-corrected chi connectivity index (χ3v) is 5.23. The van der Waals surface area contributed by atoms with Gasteiger partial charge in [0.05, 0.1) is 0 Å². The smallest absolute Gasteiger partial charge is 0.0162 e. The van der Waals surface area contributed by atoms with Crippen LogP contribution in [0, 0.1) is 5.92 Å². The van der Waals surface area contributed by atoms with Crippen LogP contribution in [0.2, 0.25) is 0 Å². The van der Waals surface area contributed by atoms with E-state index in [-0.39, 0.29) is 0 Å². The molecule has 21 heavy (non-hydrogen) atoms. The van der Waals surface area contributed by atoms with Crippen molar-refractivity contribution in [3.05, 3.63) is 47.5 Å². The Labute approximate surface area is 129 Å². The van der Waals surface area contributed by atoms with Crippen LogP contribution >= 0.6 is 0 Å². The van der Waals surface area contributed by atoms with E-state index in [1.807, 2.05) is 0 Å². The summed E-state index contributed by atoms with van der Waals surface area (Å²) in [6.07, 6.45) is 9.34. The van der Waals surface area contributed by atoms with Crippen LogP contribution in [0.25, 0.3) is 10.8 Å². The molecule has 0 aliphatic heterocycles. The van der Waals surface area contributed by atoms with Crippen LogP contribution in [0.1, 0.15) is 69.4 Å². The van der Waals surface area contributed by atoms with Gasteiger partial charge in [-0.05, 0) is 59.4 Å². The van der Waals surface area contributed by atoms with E-state index in [1.54, 1.807) is 5.56 Å². The second-order valence-electron chi connectivity index (χ2n) is 7.00. The molecular formula is C21H28. The number of aryl methyl sites for hydroxylation is 1. The van der Waals surface area contributed by atoms with Crippen molar-refractivity contribution < 1.29 is 0 Å². The van der Waals surface area contributed by atoms with Gasteiger partial charge in [-0.1, -0.05) is 69.5 Å². The minimum Gasteiger partial charge on any atom is -0.0654 e. The lowest BCUT2D eigenvalue weighted by Crippen LogP contribution is -2.10. The number of benzene rings is 2. The second kappa shape index (κ2) is 6.64. The zero-order chi connectivity index (χ0) is 14.7. The molecule has 3 rings (SSSR count). The molecule has 0 amide bonds. The second-order valence-corrected chi connectivity index (χ2v) is 7.00. The molecule has 0 atom stereocenters. The summed E-state index contributed by atoms with van der Waals surface area (Å²) in [5.74, 6) is 1.73. The van der Waals surface area contributed by atoms with Crippen molar-refractivity contribution in [3.63, 3.8) is 0 Å². The van der Waals surface area contributed by atoms with Gasteiger partial charge >= 0.3 is 0 Å². The number of hydrogen-bond acceptors (Lipinski definition) is 0. The maximum absolute atomic E-state index is 2.44. The van der Waals surface area contributed by atoms with Gasteiger partial charge in [0.15, 0.2) is 0 Å². The van der Waals surface area contributed by atoms with Gasteiger partial charge in [0, 0.05) is 0 Å². The lowest BCUT2D eigenvalue weighted by Gasteiger charge is -2.26.